The Kier molecular flexibility index (Phi) is 14.5. The van der Waals surface area contributed by atoms with Crippen LogP contribution in [0.4, 0.5) is 85.3 Å². The molecule has 0 unspecified atom stereocenters. The lowest BCUT2D eigenvalue weighted by molar-refractivity contribution is 0.488. The Bertz CT molecular complexity index is 5160. The Hall–Kier alpha value is -10.5. The van der Waals surface area contributed by atoms with E-state index in [1.54, 1.807) is 0 Å². The van der Waals surface area contributed by atoms with E-state index in [9.17, 15) is 0 Å². The maximum Gasteiger partial charge on any atom is 0.268 e. The smallest absolute Gasteiger partial charge is 0.268 e. The van der Waals surface area contributed by atoms with Crippen LogP contribution >= 0.6 is 11.3 Å². The van der Waals surface area contributed by atoms with Gasteiger partial charge in [-0.3, -0.25) is 0 Å². The van der Waals surface area contributed by atoms with Gasteiger partial charge in [0, 0.05) is 95.2 Å². The van der Waals surface area contributed by atoms with Crippen molar-refractivity contribution < 1.29 is 4.74 Å². The molecule has 6 nitrogen and oxygen atoms in total. The zero-order valence-corrected chi connectivity index (χ0v) is 59.5. The van der Waals surface area contributed by atoms with Gasteiger partial charge in [-0.25, -0.2) is 0 Å². The minimum Gasteiger partial charge on any atom is -0.458 e. The number of nitrogens with zero attached hydrogens (tertiary/aromatic N) is 5. The normalized spacial score (nSPS) is 13.6. The van der Waals surface area contributed by atoms with Crippen LogP contribution in [0.5, 0.6) is 11.5 Å². The van der Waals surface area contributed by atoms with Crippen molar-refractivity contribution >= 4 is 152 Å². The molecule has 0 bridgehead atoms. The molecule has 0 N–H and O–H groups in total. The number of ether oxygens (including phenoxy) is 1. The lowest BCUT2D eigenvalue weighted by atomic mass is 9.31. The fourth-order valence-corrected chi connectivity index (χ4v) is 17.1. The molecule has 9 heteroatoms. The third-order valence-corrected chi connectivity index (χ3v) is 22.1. The van der Waals surface area contributed by atoms with Gasteiger partial charge < -0.3 is 29.2 Å². The number of rotatable bonds is 9. The van der Waals surface area contributed by atoms with Crippen LogP contribution in [0.25, 0.3) is 10.1 Å². The molecule has 4 aliphatic heterocycles. The Morgan fingerprint density at radius 1 is 0.303 bits per heavy atom. The number of hydrogen-bond donors (Lipinski definition) is 0. The number of fused-ring (bicyclic) bond motifs is 10. The van der Waals surface area contributed by atoms with E-state index < -0.39 is 0 Å². The van der Waals surface area contributed by atoms with Crippen LogP contribution in [0.1, 0.15) is 105 Å². The van der Waals surface area contributed by atoms with Gasteiger partial charge in [0.2, 0.25) is 0 Å². The van der Waals surface area contributed by atoms with Crippen molar-refractivity contribution in [2.45, 2.75) is 105 Å². The van der Waals surface area contributed by atoms with E-state index in [2.05, 4.69) is 381 Å². The zero-order chi connectivity index (χ0) is 68.0. The van der Waals surface area contributed by atoms with Gasteiger partial charge >= 0.3 is 0 Å². The molecule has 4 aliphatic rings. The highest BCUT2D eigenvalue weighted by atomic mass is 32.1. The predicted octanol–water partition coefficient (Wildman–Crippen LogP) is 21.5. The SMILES string of the molecule is CC(C)(C)c1ccc(N(c2ccc(C(C)(C)C)cc2)c2cc3c4c(c2)N(c2ccccc2)c2c(sc5ccccc25)B4c2cc4c(cc2O3)N(c2ccccc2)c2cc(N(c3ccc(C(C)(C)C)cc3)c3ccc(C(C)(C)C)cc3)cc3c2B4c2ccccc2N3c2ccccc2)cc1. The molecule has 484 valence electrons. The summed E-state index contributed by atoms with van der Waals surface area (Å²) in [4.78, 5) is 12.5. The molecule has 1 aromatic heterocycles. The van der Waals surface area contributed by atoms with Gasteiger partial charge in [0.25, 0.3) is 13.4 Å². The van der Waals surface area contributed by atoms with E-state index in [0.29, 0.717) is 0 Å². The van der Waals surface area contributed by atoms with Gasteiger partial charge in [-0.1, -0.05) is 229 Å². The summed E-state index contributed by atoms with van der Waals surface area (Å²) in [7, 11) is 0. The predicted molar refractivity (Wildman–Crippen MR) is 426 cm³/mol. The van der Waals surface area contributed by atoms with Crippen molar-refractivity contribution in [3.63, 3.8) is 0 Å². The van der Waals surface area contributed by atoms with Crippen molar-refractivity contribution in [3.8, 4) is 11.5 Å². The summed E-state index contributed by atoms with van der Waals surface area (Å²) in [6.07, 6.45) is 0. The minimum absolute atomic E-state index is 0.0237. The molecule has 0 atom stereocenters. The van der Waals surface area contributed by atoms with Crippen molar-refractivity contribution in [1.29, 1.82) is 0 Å². The summed E-state index contributed by atoms with van der Waals surface area (Å²) >= 11 is 1.92. The molecule has 0 saturated heterocycles. The molecule has 0 aliphatic carbocycles. The second-order valence-electron chi connectivity index (χ2n) is 31.4. The summed E-state index contributed by atoms with van der Waals surface area (Å²) in [5.41, 5.74) is 27.5. The molecule has 0 fully saturated rings. The van der Waals surface area contributed by atoms with Crippen molar-refractivity contribution in [2.24, 2.45) is 0 Å². The monoisotopic (exact) mass is 1300 g/mol. The molecule has 0 amide bonds. The van der Waals surface area contributed by atoms with E-state index in [0.717, 1.165) is 102 Å². The standard InChI is InChI=1S/C90H81B2N5OS/c1-87(2,3)58-36-44-65(45-37-58)93(66-46-38-59(39-47-66)88(4,5)6)69-52-77-83-78(53-69)96(63-28-18-14-19-29-63)76-57-80-74(56-73(76)91(83)72-33-23-24-34-75(72)95(77)62-26-16-13-17-27-62)92-84-79(97(64-30-20-15-21-31-64)85-71-32-22-25-35-82(71)99-86(85)92)54-70(55-81(84)98-80)94(67-48-40-60(41-49-67)89(7,8)9)68-50-42-61(43-51-68)90(10,11)12/h13-57H,1-12H3. The second kappa shape index (κ2) is 23.1. The average Bonchev–Trinajstić information content (AvgIpc) is 1.62. The summed E-state index contributed by atoms with van der Waals surface area (Å²) in [6.45, 7) is 27.1. The third kappa shape index (κ3) is 10.5. The van der Waals surface area contributed by atoms with E-state index in [4.69, 9.17) is 4.74 Å². The molecular formula is C90H81B2N5OS. The van der Waals surface area contributed by atoms with Crippen LogP contribution < -0.4 is 61.3 Å². The molecule has 12 aromatic carbocycles. The molecular weight excluding hydrogens is 1220 g/mol. The van der Waals surface area contributed by atoms with E-state index in [1.165, 1.54) is 59.2 Å². The first-order valence-electron chi connectivity index (χ1n) is 35.0. The quantitative estimate of drug-likeness (QED) is 0.134. The Morgan fingerprint density at radius 3 is 1.16 bits per heavy atom. The first kappa shape index (κ1) is 62.1. The number of anilines is 15. The summed E-state index contributed by atoms with van der Waals surface area (Å²) in [5.74, 6) is 1.68. The molecule has 99 heavy (non-hydrogen) atoms. The van der Waals surface area contributed by atoms with Gasteiger partial charge in [0.1, 0.15) is 11.5 Å². The van der Waals surface area contributed by atoms with Gasteiger partial charge in [-0.15, -0.1) is 11.3 Å². The maximum atomic E-state index is 7.93. The summed E-state index contributed by atoms with van der Waals surface area (Å²) in [5, 5.41) is 1.23. The van der Waals surface area contributed by atoms with Crippen LogP contribution in [-0.2, 0) is 21.7 Å². The number of thiophene rings is 1. The third-order valence-electron chi connectivity index (χ3n) is 20.9. The molecule has 0 saturated carbocycles. The molecule has 13 aromatic rings. The first-order valence-corrected chi connectivity index (χ1v) is 35.9. The zero-order valence-electron chi connectivity index (χ0n) is 58.7. The van der Waals surface area contributed by atoms with Crippen molar-refractivity contribution in [2.75, 3.05) is 24.5 Å². The van der Waals surface area contributed by atoms with Crippen LogP contribution in [0, 0.1) is 0 Å². The highest BCUT2D eigenvalue weighted by molar-refractivity contribution is 7.33. The second-order valence-corrected chi connectivity index (χ2v) is 32.5. The molecule has 0 spiro atoms. The topological polar surface area (TPSA) is 25.4 Å². The van der Waals surface area contributed by atoms with E-state index in [-0.39, 0.29) is 35.1 Å². The highest BCUT2D eigenvalue weighted by Crippen LogP contribution is 2.53. The van der Waals surface area contributed by atoms with Gasteiger partial charge in [0.05, 0.1) is 17.1 Å². The first-order chi connectivity index (χ1) is 47.6. The summed E-state index contributed by atoms with van der Waals surface area (Å²) in [6, 6.07) is 103. The van der Waals surface area contributed by atoms with Crippen molar-refractivity contribution in [3.05, 3.63) is 295 Å². The highest BCUT2D eigenvalue weighted by Gasteiger charge is 2.49. The molecule has 0 radical (unpaired) electrons. The fraction of sp³-hybridized carbons (Fsp3) is 0.178. The van der Waals surface area contributed by atoms with Crippen LogP contribution in [0.2, 0.25) is 0 Å². The van der Waals surface area contributed by atoms with Crippen LogP contribution in [0.15, 0.2) is 273 Å². The number of para-hydroxylation sites is 4. The van der Waals surface area contributed by atoms with Crippen molar-refractivity contribution in [1.82, 2.24) is 0 Å². The van der Waals surface area contributed by atoms with Crippen LogP contribution in [0.3, 0.4) is 0 Å². The number of hydrogen-bond acceptors (Lipinski definition) is 7. The van der Waals surface area contributed by atoms with E-state index in [1.807, 2.05) is 11.3 Å². The number of benzene rings is 12. The molecule has 5 heterocycles. The van der Waals surface area contributed by atoms with Gasteiger partial charge in [-0.05, 0) is 186 Å². The van der Waals surface area contributed by atoms with E-state index >= 15 is 0 Å². The lowest BCUT2D eigenvalue weighted by Crippen LogP contribution is -2.64. The molecule has 17 rings (SSSR count). The Labute approximate surface area is 589 Å². The fourth-order valence-electron chi connectivity index (χ4n) is 15.7. The lowest BCUT2D eigenvalue weighted by Gasteiger charge is -2.46. The largest absolute Gasteiger partial charge is 0.458 e. The Balaban J connectivity index is 0.942. The average molecular weight is 1300 g/mol. The maximum absolute atomic E-state index is 7.93. The van der Waals surface area contributed by atoms with Gasteiger partial charge in [-0.2, -0.15) is 0 Å². The van der Waals surface area contributed by atoms with Gasteiger partial charge in [0.15, 0.2) is 0 Å². The van der Waals surface area contributed by atoms with Crippen LogP contribution in [-0.4, -0.2) is 13.4 Å². The minimum atomic E-state index is -0.188. The Morgan fingerprint density at radius 2 is 0.697 bits per heavy atom. The summed E-state index contributed by atoms with van der Waals surface area (Å²) < 4.78 is 10.5.